The lowest BCUT2D eigenvalue weighted by atomic mass is 10.00. The average Bonchev–Trinajstić information content (AvgIpc) is 2.81. The van der Waals surface area contributed by atoms with Crippen molar-refractivity contribution in [3.63, 3.8) is 0 Å². The molecule has 0 spiro atoms. The first-order chi connectivity index (χ1) is 9.60. The largest absolute Gasteiger partial charge is 0.497 e. The topological polar surface area (TPSA) is 18.5 Å². The lowest BCUT2D eigenvalue weighted by Crippen LogP contribution is -2.06. The summed E-state index contributed by atoms with van der Waals surface area (Å²) in [5.41, 5.74) is 2.80. The van der Waals surface area contributed by atoms with Gasteiger partial charge in [-0.15, -0.1) is 0 Å². The summed E-state index contributed by atoms with van der Waals surface area (Å²) < 4.78 is 11.2. The summed E-state index contributed by atoms with van der Waals surface area (Å²) >= 11 is 12.4. The molecule has 2 aromatic rings. The minimum Gasteiger partial charge on any atom is -0.497 e. The lowest BCUT2D eigenvalue weighted by Gasteiger charge is -2.13. The van der Waals surface area contributed by atoms with E-state index in [2.05, 4.69) is 6.92 Å². The van der Waals surface area contributed by atoms with Gasteiger partial charge in [0.05, 0.1) is 17.2 Å². The lowest BCUT2D eigenvalue weighted by molar-refractivity contribution is 0.282. The fraction of sp³-hybridized carbons (Fsp3) is 0.188. The van der Waals surface area contributed by atoms with Crippen LogP contribution in [-0.4, -0.2) is 13.2 Å². The summed E-state index contributed by atoms with van der Waals surface area (Å²) in [7, 11) is 1.64. The van der Waals surface area contributed by atoms with Gasteiger partial charge in [-0.1, -0.05) is 35.3 Å². The summed E-state index contributed by atoms with van der Waals surface area (Å²) in [4.78, 5) is 0. The van der Waals surface area contributed by atoms with E-state index in [9.17, 15) is 0 Å². The number of rotatable bonds is 2. The van der Waals surface area contributed by atoms with Gasteiger partial charge in [0.15, 0.2) is 0 Å². The van der Waals surface area contributed by atoms with Gasteiger partial charge in [0.25, 0.3) is 0 Å². The molecule has 1 heterocycles. The molecule has 3 rings (SSSR count). The van der Waals surface area contributed by atoms with Gasteiger partial charge in [0.1, 0.15) is 17.6 Å². The number of fused-ring (bicyclic) bond motifs is 1. The molecule has 0 bridgehead atoms. The molecular formula is C16H13Cl2O2. The highest BCUT2D eigenvalue weighted by Gasteiger charge is 2.25. The third kappa shape index (κ3) is 2.23. The number of halogens is 2. The molecular weight excluding hydrogens is 295 g/mol. The predicted octanol–water partition coefficient (Wildman–Crippen LogP) is 4.81. The first-order valence-electron chi connectivity index (χ1n) is 6.25. The Hall–Kier alpha value is -1.38. The normalized spacial score (nSPS) is 16.7. The van der Waals surface area contributed by atoms with Crippen LogP contribution >= 0.6 is 23.2 Å². The van der Waals surface area contributed by atoms with Crippen LogP contribution in [0.2, 0.25) is 10.0 Å². The summed E-state index contributed by atoms with van der Waals surface area (Å²) in [6.45, 7) is 3.96. The Labute approximate surface area is 128 Å². The molecule has 0 aliphatic carbocycles. The predicted molar refractivity (Wildman–Crippen MR) is 81.9 cm³/mol. The molecule has 2 aromatic carbocycles. The van der Waals surface area contributed by atoms with Crippen LogP contribution in [0.15, 0.2) is 30.3 Å². The summed E-state index contributed by atoms with van der Waals surface area (Å²) in [6.07, 6.45) is 0.673. The molecule has 0 fully saturated rings. The van der Waals surface area contributed by atoms with E-state index in [1.807, 2.05) is 24.3 Å². The maximum absolute atomic E-state index is 6.32. The van der Waals surface area contributed by atoms with Crippen molar-refractivity contribution in [1.82, 2.24) is 0 Å². The third-order valence-corrected chi connectivity index (χ3v) is 4.17. The summed E-state index contributed by atoms with van der Waals surface area (Å²) in [5, 5.41) is 1.03. The van der Waals surface area contributed by atoms with Gasteiger partial charge >= 0.3 is 0 Å². The number of hydrogen-bond donors (Lipinski definition) is 0. The first-order valence-corrected chi connectivity index (χ1v) is 7.00. The van der Waals surface area contributed by atoms with Crippen LogP contribution in [0.4, 0.5) is 0 Å². The van der Waals surface area contributed by atoms with Crippen molar-refractivity contribution >= 4 is 23.2 Å². The Morgan fingerprint density at radius 1 is 1.25 bits per heavy atom. The van der Waals surface area contributed by atoms with E-state index in [0.717, 1.165) is 34.6 Å². The molecule has 2 nitrogen and oxygen atoms in total. The number of hydrogen-bond acceptors (Lipinski definition) is 2. The van der Waals surface area contributed by atoms with Gasteiger partial charge in [-0.3, -0.25) is 0 Å². The molecule has 0 saturated carbocycles. The standard InChI is InChI=1S/C16H13Cl2O2/c1-9-6-10-7-11(19-2)8-13(16(10)20-9)12-4-3-5-14(17)15(12)18/h3-5,7-9H,1,6H2,2H3. The van der Waals surface area contributed by atoms with E-state index in [1.54, 1.807) is 13.2 Å². The zero-order valence-electron chi connectivity index (χ0n) is 11.0. The first kappa shape index (κ1) is 13.6. The Morgan fingerprint density at radius 3 is 2.80 bits per heavy atom. The molecule has 0 N–H and O–H groups in total. The van der Waals surface area contributed by atoms with E-state index in [1.165, 1.54) is 0 Å². The van der Waals surface area contributed by atoms with Crippen molar-refractivity contribution in [2.24, 2.45) is 0 Å². The molecule has 1 unspecified atom stereocenters. The number of ether oxygens (including phenoxy) is 2. The highest BCUT2D eigenvalue weighted by molar-refractivity contribution is 6.43. The molecule has 1 aliphatic rings. The van der Waals surface area contributed by atoms with Gasteiger partial charge < -0.3 is 9.47 Å². The van der Waals surface area contributed by atoms with Crippen molar-refractivity contribution in [3.8, 4) is 22.6 Å². The molecule has 1 atom stereocenters. The Bertz CT molecular complexity index is 668. The zero-order chi connectivity index (χ0) is 14.3. The minimum atomic E-state index is -0.0891. The van der Waals surface area contributed by atoms with Gasteiger partial charge in [0.2, 0.25) is 0 Å². The molecule has 4 heteroatoms. The fourth-order valence-electron chi connectivity index (χ4n) is 2.43. The summed E-state index contributed by atoms with van der Waals surface area (Å²) in [5.74, 6) is 1.59. The Morgan fingerprint density at radius 2 is 2.05 bits per heavy atom. The Kier molecular flexibility index (Phi) is 3.53. The van der Waals surface area contributed by atoms with E-state index in [-0.39, 0.29) is 6.10 Å². The number of benzene rings is 2. The van der Waals surface area contributed by atoms with Crippen molar-refractivity contribution in [3.05, 3.63) is 52.9 Å². The fourth-order valence-corrected chi connectivity index (χ4v) is 2.84. The molecule has 103 valence electrons. The quantitative estimate of drug-likeness (QED) is 0.793. The van der Waals surface area contributed by atoms with Gasteiger partial charge in [-0.2, -0.15) is 0 Å². The molecule has 1 radical (unpaired) electrons. The second-order valence-corrected chi connectivity index (χ2v) is 5.49. The molecule has 20 heavy (non-hydrogen) atoms. The Balaban J connectivity index is 2.23. The van der Waals surface area contributed by atoms with E-state index >= 15 is 0 Å². The van der Waals surface area contributed by atoms with E-state index < -0.39 is 0 Å². The van der Waals surface area contributed by atoms with Gasteiger partial charge in [-0.25, -0.2) is 0 Å². The van der Waals surface area contributed by atoms with Crippen LogP contribution in [0.5, 0.6) is 11.5 Å². The molecule has 0 amide bonds. The van der Waals surface area contributed by atoms with Crippen molar-refractivity contribution in [2.45, 2.75) is 12.5 Å². The minimum absolute atomic E-state index is 0.0891. The van der Waals surface area contributed by atoms with Crippen LogP contribution in [0.25, 0.3) is 11.1 Å². The zero-order valence-corrected chi connectivity index (χ0v) is 12.5. The second-order valence-electron chi connectivity index (χ2n) is 4.71. The highest BCUT2D eigenvalue weighted by atomic mass is 35.5. The SMILES string of the molecule is [CH2]C1Cc2cc(OC)cc(-c3cccc(Cl)c3Cl)c2O1. The van der Waals surface area contributed by atoms with E-state index in [0.29, 0.717) is 10.0 Å². The molecule has 0 saturated heterocycles. The second kappa shape index (κ2) is 5.19. The van der Waals surface area contributed by atoms with Crippen LogP contribution in [0.1, 0.15) is 5.56 Å². The van der Waals surface area contributed by atoms with Crippen molar-refractivity contribution < 1.29 is 9.47 Å². The maximum atomic E-state index is 6.32. The van der Waals surface area contributed by atoms with Gasteiger partial charge in [-0.05, 0) is 25.1 Å². The monoisotopic (exact) mass is 307 g/mol. The van der Waals surface area contributed by atoms with Crippen LogP contribution in [-0.2, 0) is 6.42 Å². The van der Waals surface area contributed by atoms with E-state index in [4.69, 9.17) is 32.7 Å². The van der Waals surface area contributed by atoms with Crippen molar-refractivity contribution in [1.29, 1.82) is 0 Å². The van der Waals surface area contributed by atoms with Crippen LogP contribution in [0, 0.1) is 6.92 Å². The number of methoxy groups -OCH3 is 1. The van der Waals surface area contributed by atoms with Crippen LogP contribution in [0.3, 0.4) is 0 Å². The third-order valence-electron chi connectivity index (χ3n) is 3.35. The molecule has 1 aliphatic heterocycles. The maximum Gasteiger partial charge on any atom is 0.131 e. The average molecular weight is 308 g/mol. The highest BCUT2D eigenvalue weighted by Crippen LogP contribution is 2.45. The summed E-state index contributed by atoms with van der Waals surface area (Å²) in [6, 6.07) is 9.44. The van der Waals surface area contributed by atoms with Crippen LogP contribution < -0.4 is 9.47 Å². The van der Waals surface area contributed by atoms with Crippen molar-refractivity contribution in [2.75, 3.05) is 7.11 Å². The van der Waals surface area contributed by atoms with Gasteiger partial charge in [0, 0.05) is 23.1 Å². The smallest absolute Gasteiger partial charge is 0.131 e. The molecule has 0 aromatic heterocycles.